The van der Waals surface area contributed by atoms with E-state index in [2.05, 4.69) is 4.90 Å². The van der Waals surface area contributed by atoms with E-state index in [0.717, 1.165) is 36.0 Å². The van der Waals surface area contributed by atoms with Crippen LogP contribution >= 0.6 is 0 Å². The molecule has 0 radical (unpaired) electrons. The third-order valence-corrected chi connectivity index (χ3v) is 5.94. The molecule has 7 heteroatoms. The first-order chi connectivity index (χ1) is 14.3. The number of hydrogen-bond acceptors (Lipinski definition) is 4. The minimum Gasteiger partial charge on any atom is -0.495 e. The number of benzene rings is 2. The molecule has 1 unspecified atom stereocenters. The SMILES string of the molecule is COc1cc2c(cc1N1CCOCC1)CC(Cc1ccc(C(F)(F)F)c(C)c1)C2=O. The number of carbonyl (C=O) groups excluding carboxylic acids is 1. The lowest BCUT2D eigenvalue weighted by atomic mass is 9.93. The van der Waals surface area contributed by atoms with E-state index in [4.69, 9.17) is 9.47 Å². The van der Waals surface area contributed by atoms with Crippen molar-refractivity contribution in [3.63, 3.8) is 0 Å². The molecule has 4 nitrogen and oxygen atoms in total. The van der Waals surface area contributed by atoms with E-state index in [1.54, 1.807) is 19.2 Å². The Kier molecular flexibility index (Phi) is 5.49. The van der Waals surface area contributed by atoms with Crippen LogP contribution in [0.1, 0.15) is 32.6 Å². The number of morpholine rings is 1. The van der Waals surface area contributed by atoms with Crippen molar-refractivity contribution in [1.82, 2.24) is 0 Å². The Morgan fingerprint density at radius 1 is 1.17 bits per heavy atom. The molecule has 0 amide bonds. The Morgan fingerprint density at radius 2 is 1.90 bits per heavy atom. The summed E-state index contributed by atoms with van der Waals surface area (Å²) in [6, 6.07) is 7.96. The molecule has 0 bridgehead atoms. The van der Waals surface area contributed by atoms with Crippen molar-refractivity contribution < 1.29 is 27.4 Å². The van der Waals surface area contributed by atoms with Crippen molar-refractivity contribution in [3.05, 3.63) is 58.1 Å². The Bertz CT molecular complexity index is 965. The van der Waals surface area contributed by atoms with Gasteiger partial charge in [0.25, 0.3) is 0 Å². The number of nitrogens with zero attached hydrogens (tertiary/aromatic N) is 1. The highest BCUT2D eigenvalue weighted by Crippen LogP contribution is 2.39. The van der Waals surface area contributed by atoms with Gasteiger partial charge in [-0.15, -0.1) is 0 Å². The van der Waals surface area contributed by atoms with E-state index in [1.165, 1.54) is 13.0 Å². The van der Waals surface area contributed by atoms with E-state index in [9.17, 15) is 18.0 Å². The second kappa shape index (κ2) is 7.95. The number of hydrogen-bond donors (Lipinski definition) is 0. The topological polar surface area (TPSA) is 38.8 Å². The number of methoxy groups -OCH3 is 1. The van der Waals surface area contributed by atoms with Crippen molar-refractivity contribution in [2.45, 2.75) is 25.9 Å². The molecule has 1 heterocycles. The molecule has 0 aromatic heterocycles. The zero-order chi connectivity index (χ0) is 21.5. The van der Waals surface area contributed by atoms with E-state index < -0.39 is 11.7 Å². The predicted octanol–water partition coefficient (Wildman–Crippen LogP) is 4.46. The van der Waals surface area contributed by atoms with Gasteiger partial charge in [-0.05, 0) is 54.7 Å². The first-order valence-electron chi connectivity index (χ1n) is 10.0. The standard InChI is InChI=1S/C23H24F3NO3/c1-14-9-15(3-4-19(14)23(24,25)26)10-17-11-16-12-20(27-5-7-30-8-6-27)21(29-2)13-18(16)22(17)28/h3-4,9,12-13,17H,5-8,10-11H2,1-2H3. The summed E-state index contributed by atoms with van der Waals surface area (Å²) in [6.07, 6.45) is -3.37. The molecule has 30 heavy (non-hydrogen) atoms. The Labute approximate surface area is 173 Å². The Hall–Kier alpha value is -2.54. The number of rotatable bonds is 4. The highest BCUT2D eigenvalue weighted by atomic mass is 19.4. The maximum Gasteiger partial charge on any atom is 0.416 e. The van der Waals surface area contributed by atoms with Gasteiger partial charge in [-0.2, -0.15) is 13.2 Å². The molecule has 4 rings (SSSR count). The number of Topliss-reactive ketones (excluding diaryl/α,β-unsaturated/α-hetero) is 1. The van der Waals surface area contributed by atoms with Crippen LogP contribution in [-0.2, 0) is 23.8 Å². The van der Waals surface area contributed by atoms with E-state index in [0.29, 0.717) is 37.4 Å². The molecule has 0 N–H and O–H groups in total. The molecule has 0 saturated carbocycles. The van der Waals surface area contributed by atoms with Crippen molar-refractivity contribution >= 4 is 11.5 Å². The zero-order valence-corrected chi connectivity index (χ0v) is 17.0. The fourth-order valence-electron chi connectivity index (χ4n) is 4.42. The third-order valence-electron chi connectivity index (χ3n) is 5.94. The summed E-state index contributed by atoms with van der Waals surface area (Å²) in [7, 11) is 1.59. The molecule has 2 aliphatic rings. The van der Waals surface area contributed by atoms with Gasteiger partial charge in [0.15, 0.2) is 5.78 Å². The smallest absolute Gasteiger partial charge is 0.416 e. The van der Waals surface area contributed by atoms with Crippen LogP contribution in [-0.4, -0.2) is 39.2 Å². The fourth-order valence-corrected chi connectivity index (χ4v) is 4.42. The molecular weight excluding hydrogens is 395 g/mol. The van der Waals surface area contributed by atoms with Gasteiger partial charge in [-0.1, -0.05) is 12.1 Å². The number of carbonyl (C=O) groups is 1. The molecule has 0 spiro atoms. The number of fused-ring (bicyclic) bond motifs is 1. The molecule has 1 aliphatic carbocycles. The maximum atomic E-state index is 13.0. The van der Waals surface area contributed by atoms with E-state index >= 15 is 0 Å². The molecule has 2 aromatic rings. The van der Waals surface area contributed by atoms with Gasteiger partial charge < -0.3 is 14.4 Å². The zero-order valence-electron chi connectivity index (χ0n) is 17.0. The summed E-state index contributed by atoms with van der Waals surface area (Å²) < 4.78 is 50.0. The van der Waals surface area contributed by atoms with Crippen molar-refractivity contribution in [2.24, 2.45) is 5.92 Å². The summed E-state index contributed by atoms with van der Waals surface area (Å²) in [4.78, 5) is 15.2. The molecule has 160 valence electrons. The summed E-state index contributed by atoms with van der Waals surface area (Å²) in [5.74, 6) is 0.408. The van der Waals surface area contributed by atoms with Crippen LogP contribution in [0.3, 0.4) is 0 Å². The average molecular weight is 419 g/mol. The third kappa shape index (κ3) is 3.90. The summed E-state index contributed by atoms with van der Waals surface area (Å²) in [5.41, 5.74) is 2.87. The minimum atomic E-state index is -4.37. The van der Waals surface area contributed by atoms with E-state index in [1.807, 2.05) is 6.07 Å². The number of anilines is 1. The van der Waals surface area contributed by atoms with Crippen LogP contribution in [0.4, 0.5) is 18.9 Å². The normalized spacial score (nSPS) is 19.2. The molecule has 1 fully saturated rings. The summed E-state index contributed by atoms with van der Waals surface area (Å²) in [5, 5.41) is 0. The van der Waals surface area contributed by atoms with Crippen LogP contribution in [0, 0.1) is 12.8 Å². The number of halogens is 3. The Balaban J connectivity index is 1.57. The van der Waals surface area contributed by atoms with Crippen LogP contribution in [0.25, 0.3) is 0 Å². The second-order valence-corrected chi connectivity index (χ2v) is 7.90. The molecule has 1 atom stereocenters. The first kappa shape index (κ1) is 20.7. The van der Waals surface area contributed by atoms with Crippen LogP contribution in [0.2, 0.25) is 0 Å². The van der Waals surface area contributed by atoms with Crippen LogP contribution in [0.15, 0.2) is 30.3 Å². The average Bonchev–Trinajstić information content (AvgIpc) is 3.01. The number of aryl methyl sites for hydroxylation is 1. The quantitative estimate of drug-likeness (QED) is 0.734. The van der Waals surface area contributed by atoms with Gasteiger partial charge in [0.05, 0.1) is 31.6 Å². The largest absolute Gasteiger partial charge is 0.495 e. The number of ketones is 1. The van der Waals surface area contributed by atoms with Gasteiger partial charge in [0, 0.05) is 24.6 Å². The highest BCUT2D eigenvalue weighted by Gasteiger charge is 2.34. The molecule has 1 aliphatic heterocycles. The maximum absolute atomic E-state index is 13.0. The van der Waals surface area contributed by atoms with Gasteiger partial charge >= 0.3 is 6.18 Å². The number of alkyl halides is 3. The molecule has 2 aromatic carbocycles. The lowest BCUT2D eigenvalue weighted by Crippen LogP contribution is -2.36. The van der Waals surface area contributed by atoms with Crippen molar-refractivity contribution in [1.29, 1.82) is 0 Å². The second-order valence-electron chi connectivity index (χ2n) is 7.90. The summed E-state index contributed by atoms with van der Waals surface area (Å²) >= 11 is 0. The summed E-state index contributed by atoms with van der Waals surface area (Å²) in [6.45, 7) is 4.27. The first-order valence-corrected chi connectivity index (χ1v) is 10.0. The lowest BCUT2D eigenvalue weighted by molar-refractivity contribution is -0.138. The minimum absolute atomic E-state index is 0.0226. The fraction of sp³-hybridized carbons (Fsp3) is 0.435. The monoisotopic (exact) mass is 419 g/mol. The van der Waals surface area contributed by atoms with Crippen molar-refractivity contribution in [3.8, 4) is 5.75 Å². The van der Waals surface area contributed by atoms with Gasteiger partial charge in [0.1, 0.15) is 5.75 Å². The predicted molar refractivity (Wildman–Crippen MR) is 107 cm³/mol. The van der Waals surface area contributed by atoms with Crippen LogP contribution < -0.4 is 9.64 Å². The highest BCUT2D eigenvalue weighted by molar-refractivity contribution is 6.03. The molecule has 1 saturated heterocycles. The van der Waals surface area contributed by atoms with Crippen molar-refractivity contribution in [2.75, 3.05) is 38.3 Å². The van der Waals surface area contributed by atoms with Gasteiger partial charge in [-0.25, -0.2) is 0 Å². The Morgan fingerprint density at radius 3 is 2.53 bits per heavy atom. The van der Waals surface area contributed by atoms with Gasteiger partial charge in [0.2, 0.25) is 0 Å². The lowest BCUT2D eigenvalue weighted by Gasteiger charge is -2.30. The van der Waals surface area contributed by atoms with Crippen LogP contribution in [0.5, 0.6) is 5.75 Å². The van der Waals surface area contributed by atoms with Gasteiger partial charge in [-0.3, -0.25) is 4.79 Å². The van der Waals surface area contributed by atoms with E-state index in [-0.39, 0.29) is 17.3 Å². The number of ether oxygens (including phenoxy) is 2. The molecular formula is C23H24F3NO3.